The Labute approximate surface area is 72.0 Å². The molecule has 0 aliphatic carbocycles. The van der Waals surface area contributed by atoms with Gasteiger partial charge in [-0.15, -0.1) is 0 Å². The summed E-state index contributed by atoms with van der Waals surface area (Å²) in [5.41, 5.74) is 0.816. The number of aromatic nitrogens is 4. The van der Waals surface area contributed by atoms with Crippen molar-refractivity contribution in [1.82, 2.24) is 20.2 Å². The minimum absolute atomic E-state index is 0.0655. The number of nitrogens with zero attached hydrogens (tertiary/aromatic N) is 3. The third-order valence-electron chi connectivity index (χ3n) is 1.58. The Hall–Kier alpha value is -2.18. The average Bonchev–Trinajstić information content (AvgIpc) is 2.74. The lowest BCUT2D eigenvalue weighted by molar-refractivity contribution is -0.384. The van der Waals surface area contributed by atoms with E-state index in [0.717, 1.165) is 6.20 Å². The zero-order valence-electron chi connectivity index (χ0n) is 6.39. The van der Waals surface area contributed by atoms with Crippen LogP contribution in [0.3, 0.4) is 0 Å². The first kappa shape index (κ1) is 7.47. The van der Waals surface area contributed by atoms with Crippen LogP contribution < -0.4 is 0 Å². The molecule has 66 valence electrons. The van der Waals surface area contributed by atoms with Crippen LogP contribution in [0.4, 0.5) is 5.69 Å². The zero-order valence-corrected chi connectivity index (χ0v) is 6.39. The van der Waals surface area contributed by atoms with Gasteiger partial charge in [0.25, 0.3) is 0 Å². The minimum atomic E-state index is -0.500. The smallest absolute Gasteiger partial charge is 0.316 e. The van der Waals surface area contributed by atoms with Gasteiger partial charge in [0.05, 0.1) is 23.1 Å². The van der Waals surface area contributed by atoms with Gasteiger partial charge in [-0.3, -0.25) is 15.2 Å². The first-order valence-corrected chi connectivity index (χ1v) is 3.45. The van der Waals surface area contributed by atoms with Gasteiger partial charge in [-0.05, 0) is 0 Å². The first-order chi connectivity index (χ1) is 6.29. The van der Waals surface area contributed by atoms with E-state index in [-0.39, 0.29) is 5.69 Å². The predicted octanol–water partition coefficient (Wildman–Crippen LogP) is 0.708. The minimum Gasteiger partial charge on any atom is -0.343 e. The van der Waals surface area contributed by atoms with Crippen molar-refractivity contribution in [3.8, 4) is 11.4 Å². The van der Waals surface area contributed by atoms with Crippen molar-refractivity contribution in [1.29, 1.82) is 0 Å². The number of nitrogens with one attached hydrogen (secondary N) is 2. The lowest BCUT2D eigenvalue weighted by Crippen LogP contribution is -1.88. The van der Waals surface area contributed by atoms with Crippen LogP contribution >= 0.6 is 0 Å². The summed E-state index contributed by atoms with van der Waals surface area (Å²) >= 11 is 0. The third-order valence-corrected chi connectivity index (χ3v) is 1.58. The zero-order chi connectivity index (χ0) is 9.26. The van der Waals surface area contributed by atoms with Crippen molar-refractivity contribution < 1.29 is 4.92 Å². The molecule has 0 fully saturated rings. The molecule has 7 nitrogen and oxygen atoms in total. The van der Waals surface area contributed by atoms with Gasteiger partial charge in [0, 0.05) is 0 Å². The molecule has 2 rings (SSSR count). The Morgan fingerprint density at radius 3 is 2.92 bits per heavy atom. The number of H-pyrrole nitrogens is 2. The lowest BCUT2D eigenvalue weighted by atomic mass is 10.3. The van der Waals surface area contributed by atoms with E-state index in [1.54, 1.807) is 0 Å². The maximum Gasteiger partial charge on any atom is 0.316 e. The van der Waals surface area contributed by atoms with Crippen LogP contribution in [-0.2, 0) is 0 Å². The maximum atomic E-state index is 10.5. The second-order valence-electron chi connectivity index (χ2n) is 2.35. The van der Waals surface area contributed by atoms with E-state index in [1.165, 1.54) is 12.5 Å². The van der Waals surface area contributed by atoms with Crippen molar-refractivity contribution in [3.05, 3.63) is 28.8 Å². The molecule has 0 atom stereocenters. The first-order valence-electron chi connectivity index (χ1n) is 3.45. The fourth-order valence-electron chi connectivity index (χ4n) is 1.01. The maximum absolute atomic E-state index is 10.5. The van der Waals surface area contributed by atoms with Crippen molar-refractivity contribution >= 4 is 5.69 Å². The van der Waals surface area contributed by atoms with Crippen LogP contribution in [0.25, 0.3) is 11.4 Å². The monoisotopic (exact) mass is 179 g/mol. The van der Waals surface area contributed by atoms with Crippen molar-refractivity contribution in [2.45, 2.75) is 0 Å². The second kappa shape index (κ2) is 2.70. The summed E-state index contributed by atoms with van der Waals surface area (Å²) in [6.07, 6.45) is 4.09. The largest absolute Gasteiger partial charge is 0.343 e. The summed E-state index contributed by atoms with van der Waals surface area (Å²) in [4.78, 5) is 16.5. The van der Waals surface area contributed by atoms with E-state index in [4.69, 9.17) is 0 Å². The van der Waals surface area contributed by atoms with E-state index >= 15 is 0 Å². The molecular weight excluding hydrogens is 174 g/mol. The van der Waals surface area contributed by atoms with Crippen molar-refractivity contribution in [2.24, 2.45) is 0 Å². The van der Waals surface area contributed by atoms with Crippen LogP contribution in [0.15, 0.2) is 18.7 Å². The molecule has 0 aromatic carbocycles. The topological polar surface area (TPSA) is 100 Å². The van der Waals surface area contributed by atoms with Crippen LogP contribution in [-0.4, -0.2) is 25.1 Å². The molecule has 0 aliphatic heterocycles. The molecule has 0 bridgehead atoms. The highest BCUT2D eigenvalue weighted by molar-refractivity contribution is 5.64. The average molecular weight is 179 g/mol. The second-order valence-corrected chi connectivity index (χ2v) is 2.35. The highest BCUT2D eigenvalue weighted by Crippen LogP contribution is 2.24. The molecule has 0 unspecified atom stereocenters. The lowest BCUT2D eigenvalue weighted by Gasteiger charge is -1.90. The molecular formula is C6H5N5O2. The summed E-state index contributed by atoms with van der Waals surface area (Å²) in [7, 11) is 0. The summed E-state index contributed by atoms with van der Waals surface area (Å²) in [5, 5.41) is 16.6. The van der Waals surface area contributed by atoms with Gasteiger partial charge >= 0.3 is 5.69 Å². The van der Waals surface area contributed by atoms with Crippen LogP contribution in [0, 0.1) is 10.1 Å². The molecule has 2 heterocycles. The number of aromatic amines is 2. The van der Waals surface area contributed by atoms with Gasteiger partial charge in [0.1, 0.15) is 6.20 Å². The highest BCUT2D eigenvalue weighted by Gasteiger charge is 2.18. The molecule has 2 N–H and O–H groups in total. The summed E-state index contributed by atoms with van der Waals surface area (Å²) in [6.45, 7) is 0. The molecule has 2 aromatic rings. The van der Waals surface area contributed by atoms with E-state index < -0.39 is 4.92 Å². The van der Waals surface area contributed by atoms with E-state index in [1.807, 2.05) is 0 Å². The Morgan fingerprint density at radius 1 is 1.46 bits per heavy atom. The summed E-state index contributed by atoms with van der Waals surface area (Å²) < 4.78 is 0. The highest BCUT2D eigenvalue weighted by atomic mass is 16.6. The SMILES string of the molecule is O=[N+]([O-])c1cn[nH]c1-c1cnc[nH]1. The van der Waals surface area contributed by atoms with E-state index in [0.29, 0.717) is 11.4 Å². The Bertz CT molecular complexity index is 418. The van der Waals surface area contributed by atoms with Crippen molar-refractivity contribution in [2.75, 3.05) is 0 Å². The van der Waals surface area contributed by atoms with Gasteiger partial charge < -0.3 is 4.98 Å². The molecule has 7 heteroatoms. The molecule has 13 heavy (non-hydrogen) atoms. The number of nitro groups is 1. The van der Waals surface area contributed by atoms with Gasteiger partial charge in [0.2, 0.25) is 0 Å². The van der Waals surface area contributed by atoms with Gasteiger partial charge in [-0.2, -0.15) is 5.10 Å². The van der Waals surface area contributed by atoms with Gasteiger partial charge in [0.15, 0.2) is 5.69 Å². The van der Waals surface area contributed by atoms with Crippen LogP contribution in [0.2, 0.25) is 0 Å². The predicted molar refractivity (Wildman–Crippen MR) is 42.8 cm³/mol. The van der Waals surface area contributed by atoms with E-state index in [2.05, 4.69) is 20.2 Å². The number of hydrogen-bond acceptors (Lipinski definition) is 4. The quantitative estimate of drug-likeness (QED) is 0.523. The Balaban J connectivity index is 2.52. The number of imidazole rings is 1. The Morgan fingerprint density at radius 2 is 2.31 bits per heavy atom. The van der Waals surface area contributed by atoms with Crippen LogP contribution in [0.1, 0.15) is 0 Å². The normalized spacial score (nSPS) is 10.2. The fourth-order valence-corrected chi connectivity index (χ4v) is 1.01. The van der Waals surface area contributed by atoms with Crippen LogP contribution in [0.5, 0.6) is 0 Å². The molecule has 0 saturated carbocycles. The molecule has 0 spiro atoms. The van der Waals surface area contributed by atoms with Crippen molar-refractivity contribution in [3.63, 3.8) is 0 Å². The standard InChI is InChI=1S/C6H5N5O2/c12-11(13)5-2-9-10-6(5)4-1-7-3-8-4/h1-3H,(H,7,8)(H,9,10). The van der Waals surface area contributed by atoms with Gasteiger partial charge in [-0.1, -0.05) is 0 Å². The van der Waals surface area contributed by atoms with E-state index in [9.17, 15) is 10.1 Å². The van der Waals surface area contributed by atoms with Gasteiger partial charge in [-0.25, -0.2) is 4.98 Å². The summed E-state index contributed by atoms with van der Waals surface area (Å²) in [6, 6.07) is 0. The summed E-state index contributed by atoms with van der Waals surface area (Å²) in [5.74, 6) is 0. The number of rotatable bonds is 2. The Kier molecular flexibility index (Phi) is 1.55. The number of hydrogen-bond donors (Lipinski definition) is 2. The molecule has 0 aliphatic rings. The fraction of sp³-hybridized carbons (Fsp3) is 0. The third kappa shape index (κ3) is 1.15. The molecule has 0 amide bonds. The molecule has 0 radical (unpaired) electrons. The molecule has 0 saturated heterocycles. The molecule has 2 aromatic heterocycles.